The number of benzene rings is 1. The molecule has 154 valence electrons. The lowest BCUT2D eigenvalue weighted by atomic mass is 10.0. The first-order valence-electron chi connectivity index (χ1n) is 9.74. The fraction of sp³-hybridized carbons (Fsp3) is 0.600. The average Bonchev–Trinajstić information content (AvgIpc) is 3.31. The maximum atomic E-state index is 12.9. The summed E-state index contributed by atoms with van der Waals surface area (Å²) in [5.41, 5.74) is 0.746. The van der Waals surface area contributed by atoms with Gasteiger partial charge >= 0.3 is 0 Å². The molecule has 1 saturated carbocycles. The van der Waals surface area contributed by atoms with E-state index in [4.69, 9.17) is 4.74 Å². The minimum absolute atomic E-state index is 0.0107. The van der Waals surface area contributed by atoms with Crippen molar-refractivity contribution in [2.75, 3.05) is 6.54 Å². The number of nitrogens with one attached hydrogen (secondary N) is 2. The zero-order valence-electron chi connectivity index (χ0n) is 15.6. The Bertz CT molecular complexity index is 678. The van der Waals surface area contributed by atoms with Gasteiger partial charge in [0.15, 0.2) is 0 Å². The van der Waals surface area contributed by atoms with E-state index in [1.165, 1.54) is 12.1 Å². The molecule has 0 unspecified atom stereocenters. The SMILES string of the molecule is O=C(C[C@@H]1O[C@H](CNC(=O)C2CCCC2)[C@@H](O)[C@H]1O)NCc1ccc(F)cc1. The summed E-state index contributed by atoms with van der Waals surface area (Å²) in [6, 6.07) is 5.77. The number of halogens is 1. The number of amides is 2. The van der Waals surface area contributed by atoms with E-state index in [0.29, 0.717) is 0 Å². The first kappa shape index (κ1) is 20.7. The van der Waals surface area contributed by atoms with Crippen LogP contribution < -0.4 is 10.6 Å². The minimum atomic E-state index is -1.20. The molecule has 1 aliphatic carbocycles. The molecule has 4 N–H and O–H groups in total. The quantitative estimate of drug-likeness (QED) is 0.543. The fourth-order valence-corrected chi connectivity index (χ4v) is 3.75. The molecule has 0 radical (unpaired) electrons. The molecular weight excluding hydrogens is 367 g/mol. The molecule has 2 fully saturated rings. The van der Waals surface area contributed by atoms with E-state index in [1.807, 2.05) is 0 Å². The number of aliphatic hydroxyl groups is 2. The largest absolute Gasteiger partial charge is 0.388 e. The van der Waals surface area contributed by atoms with Crippen LogP contribution in [0.2, 0.25) is 0 Å². The maximum absolute atomic E-state index is 12.9. The topological polar surface area (TPSA) is 108 Å². The minimum Gasteiger partial charge on any atom is -0.388 e. The zero-order chi connectivity index (χ0) is 20.1. The summed E-state index contributed by atoms with van der Waals surface area (Å²) in [7, 11) is 0. The molecule has 1 aromatic rings. The molecule has 0 bridgehead atoms. The number of ether oxygens (including phenoxy) is 1. The second-order valence-electron chi connectivity index (χ2n) is 7.53. The van der Waals surface area contributed by atoms with Crippen LogP contribution in [0.1, 0.15) is 37.7 Å². The second-order valence-corrected chi connectivity index (χ2v) is 7.53. The summed E-state index contributed by atoms with van der Waals surface area (Å²) in [6.45, 7) is 0.326. The van der Waals surface area contributed by atoms with Gasteiger partial charge in [0.25, 0.3) is 0 Å². The number of carbonyl (C=O) groups is 2. The highest BCUT2D eigenvalue weighted by Crippen LogP contribution is 2.26. The van der Waals surface area contributed by atoms with E-state index in [2.05, 4.69) is 10.6 Å². The van der Waals surface area contributed by atoms with Gasteiger partial charge in [-0.25, -0.2) is 4.39 Å². The maximum Gasteiger partial charge on any atom is 0.223 e. The van der Waals surface area contributed by atoms with E-state index in [-0.39, 0.29) is 43.1 Å². The van der Waals surface area contributed by atoms with E-state index in [0.717, 1.165) is 31.2 Å². The highest BCUT2D eigenvalue weighted by molar-refractivity contribution is 5.79. The van der Waals surface area contributed by atoms with Gasteiger partial charge in [0.05, 0.1) is 12.5 Å². The first-order valence-corrected chi connectivity index (χ1v) is 9.74. The molecule has 7 nitrogen and oxygen atoms in total. The summed E-state index contributed by atoms with van der Waals surface area (Å²) >= 11 is 0. The van der Waals surface area contributed by atoms with Crippen LogP contribution >= 0.6 is 0 Å². The van der Waals surface area contributed by atoms with E-state index < -0.39 is 24.4 Å². The molecule has 2 aliphatic rings. The van der Waals surface area contributed by atoms with Crippen molar-refractivity contribution in [1.82, 2.24) is 10.6 Å². The van der Waals surface area contributed by atoms with Crippen LogP contribution in [0.3, 0.4) is 0 Å². The Morgan fingerprint density at radius 2 is 1.68 bits per heavy atom. The van der Waals surface area contributed by atoms with E-state index in [1.54, 1.807) is 12.1 Å². The van der Waals surface area contributed by atoms with Crippen LogP contribution in [0, 0.1) is 11.7 Å². The Morgan fingerprint density at radius 3 is 2.36 bits per heavy atom. The number of hydrogen-bond acceptors (Lipinski definition) is 5. The molecule has 8 heteroatoms. The molecule has 28 heavy (non-hydrogen) atoms. The van der Waals surface area contributed by atoms with Crippen LogP contribution in [-0.4, -0.2) is 53.0 Å². The van der Waals surface area contributed by atoms with Gasteiger partial charge in [0.1, 0.15) is 24.1 Å². The van der Waals surface area contributed by atoms with Crippen molar-refractivity contribution in [2.45, 2.75) is 63.1 Å². The van der Waals surface area contributed by atoms with Crippen molar-refractivity contribution < 1.29 is 28.9 Å². The predicted octanol–water partition coefficient (Wildman–Crippen LogP) is 0.628. The van der Waals surface area contributed by atoms with Crippen LogP contribution in [-0.2, 0) is 20.9 Å². The molecule has 0 spiro atoms. The van der Waals surface area contributed by atoms with Crippen molar-refractivity contribution >= 4 is 11.8 Å². The Morgan fingerprint density at radius 1 is 1.04 bits per heavy atom. The summed E-state index contributed by atoms with van der Waals surface area (Å²) < 4.78 is 18.5. The normalized spacial score (nSPS) is 27.7. The Balaban J connectivity index is 1.43. The van der Waals surface area contributed by atoms with Gasteiger partial charge in [-0.15, -0.1) is 0 Å². The summed E-state index contributed by atoms with van der Waals surface area (Å²) in [6.07, 6.45) is -0.246. The summed E-state index contributed by atoms with van der Waals surface area (Å²) in [4.78, 5) is 24.2. The standard InChI is InChI=1S/C20H27FN2O5/c21-14-7-5-12(6-8-14)10-22-17(24)9-15-18(25)19(26)16(28-15)11-23-20(27)13-3-1-2-4-13/h5-8,13,15-16,18-19,25-26H,1-4,9-11H2,(H,22,24)(H,23,27)/t15-,16+,18-,19+/m0/s1. The molecule has 1 aliphatic heterocycles. The van der Waals surface area contributed by atoms with Crippen molar-refractivity contribution in [3.8, 4) is 0 Å². The van der Waals surface area contributed by atoms with Crippen molar-refractivity contribution in [2.24, 2.45) is 5.92 Å². The van der Waals surface area contributed by atoms with Gasteiger partial charge in [-0.05, 0) is 30.5 Å². The fourth-order valence-electron chi connectivity index (χ4n) is 3.75. The third-order valence-electron chi connectivity index (χ3n) is 5.45. The smallest absolute Gasteiger partial charge is 0.223 e. The summed E-state index contributed by atoms with van der Waals surface area (Å²) in [5.74, 6) is -0.742. The third-order valence-corrected chi connectivity index (χ3v) is 5.45. The number of hydrogen-bond donors (Lipinski definition) is 4. The van der Waals surface area contributed by atoms with Crippen LogP contribution in [0.5, 0.6) is 0 Å². The van der Waals surface area contributed by atoms with Gasteiger partial charge < -0.3 is 25.6 Å². The van der Waals surface area contributed by atoms with E-state index >= 15 is 0 Å². The second kappa shape index (κ2) is 9.45. The highest BCUT2D eigenvalue weighted by atomic mass is 19.1. The Kier molecular flexibility index (Phi) is 6.98. The van der Waals surface area contributed by atoms with Crippen LogP contribution in [0.25, 0.3) is 0 Å². The van der Waals surface area contributed by atoms with Gasteiger partial charge in [-0.3, -0.25) is 9.59 Å². The van der Waals surface area contributed by atoms with Gasteiger partial charge in [0.2, 0.25) is 11.8 Å². The lowest BCUT2D eigenvalue weighted by Gasteiger charge is -2.17. The van der Waals surface area contributed by atoms with Crippen molar-refractivity contribution in [3.63, 3.8) is 0 Å². The summed E-state index contributed by atoms with van der Waals surface area (Å²) in [5, 5.41) is 25.8. The Labute approximate surface area is 163 Å². The molecule has 3 rings (SSSR count). The van der Waals surface area contributed by atoms with Gasteiger partial charge in [-0.2, -0.15) is 0 Å². The van der Waals surface area contributed by atoms with Gasteiger partial charge in [-0.1, -0.05) is 25.0 Å². The first-order chi connectivity index (χ1) is 13.4. The zero-order valence-corrected chi connectivity index (χ0v) is 15.6. The average molecular weight is 394 g/mol. The van der Waals surface area contributed by atoms with E-state index in [9.17, 15) is 24.2 Å². The van der Waals surface area contributed by atoms with Crippen LogP contribution in [0.4, 0.5) is 4.39 Å². The highest BCUT2D eigenvalue weighted by Gasteiger charge is 2.43. The van der Waals surface area contributed by atoms with Crippen molar-refractivity contribution in [3.05, 3.63) is 35.6 Å². The predicted molar refractivity (Wildman–Crippen MR) is 98.5 cm³/mol. The lowest BCUT2D eigenvalue weighted by Crippen LogP contribution is -2.41. The Hall–Kier alpha value is -2.03. The molecule has 1 heterocycles. The third kappa shape index (κ3) is 5.27. The van der Waals surface area contributed by atoms with Crippen molar-refractivity contribution in [1.29, 1.82) is 0 Å². The monoisotopic (exact) mass is 394 g/mol. The molecule has 4 atom stereocenters. The number of carbonyl (C=O) groups excluding carboxylic acids is 2. The lowest BCUT2D eigenvalue weighted by molar-refractivity contribution is -0.127. The molecular formula is C20H27FN2O5. The molecule has 2 amide bonds. The molecule has 1 saturated heterocycles. The van der Waals surface area contributed by atoms with Gasteiger partial charge in [0, 0.05) is 19.0 Å². The molecule has 0 aromatic heterocycles. The number of rotatable bonds is 7. The van der Waals surface area contributed by atoms with Crippen LogP contribution in [0.15, 0.2) is 24.3 Å². The number of aliphatic hydroxyl groups excluding tert-OH is 2. The molecule has 1 aromatic carbocycles.